The average molecular weight is 355 g/mol. The van der Waals surface area contributed by atoms with Gasteiger partial charge in [-0.15, -0.1) is 0 Å². The first-order valence-electron chi connectivity index (χ1n) is 8.67. The lowest BCUT2D eigenvalue weighted by molar-refractivity contribution is -0.132. The second-order valence-corrected chi connectivity index (χ2v) is 7.24. The topological polar surface area (TPSA) is 43.8 Å². The van der Waals surface area contributed by atoms with Crippen LogP contribution in [0.4, 0.5) is 4.39 Å². The van der Waals surface area contributed by atoms with Crippen molar-refractivity contribution in [2.24, 2.45) is 0 Å². The molecule has 0 saturated carbocycles. The Kier molecular flexibility index (Phi) is 5.74. The molecule has 0 radical (unpaired) electrons. The summed E-state index contributed by atoms with van der Waals surface area (Å²) in [6.45, 7) is 3.28. The lowest BCUT2D eigenvalue weighted by atomic mass is 9.98. The molecule has 0 spiro atoms. The van der Waals surface area contributed by atoms with E-state index in [1.807, 2.05) is 4.90 Å². The van der Waals surface area contributed by atoms with Crippen molar-refractivity contribution >= 4 is 17.5 Å². The summed E-state index contributed by atoms with van der Waals surface area (Å²) in [6.07, 6.45) is 3.89. The molecule has 2 aliphatic rings. The van der Waals surface area contributed by atoms with E-state index in [4.69, 9.17) is 11.6 Å². The zero-order valence-corrected chi connectivity index (χ0v) is 14.5. The molecular formula is C18H24ClFN2O2. The van der Waals surface area contributed by atoms with Crippen molar-refractivity contribution < 1.29 is 14.3 Å². The van der Waals surface area contributed by atoms with Gasteiger partial charge in [-0.3, -0.25) is 9.69 Å². The maximum Gasteiger partial charge on any atom is 0.226 e. The van der Waals surface area contributed by atoms with Crippen LogP contribution in [0.15, 0.2) is 18.2 Å². The van der Waals surface area contributed by atoms with E-state index in [0.29, 0.717) is 6.04 Å². The third-order valence-corrected chi connectivity index (χ3v) is 5.39. The number of amides is 1. The minimum Gasteiger partial charge on any atom is -0.392 e. The number of piperidine rings is 2. The van der Waals surface area contributed by atoms with Gasteiger partial charge in [-0.2, -0.15) is 0 Å². The average Bonchev–Trinajstić information content (AvgIpc) is 2.58. The molecule has 1 aromatic carbocycles. The first kappa shape index (κ1) is 17.6. The molecular weight excluding hydrogens is 331 g/mol. The van der Waals surface area contributed by atoms with Crippen LogP contribution in [0, 0.1) is 5.82 Å². The van der Waals surface area contributed by atoms with Crippen molar-refractivity contribution in [2.75, 3.05) is 26.2 Å². The van der Waals surface area contributed by atoms with Crippen molar-refractivity contribution in [3.8, 4) is 0 Å². The van der Waals surface area contributed by atoms with E-state index < -0.39 is 5.82 Å². The highest BCUT2D eigenvalue weighted by atomic mass is 35.5. The number of carbonyl (C=O) groups excluding carboxylic acids is 1. The number of halogens is 2. The Bertz CT molecular complexity index is 590. The highest BCUT2D eigenvalue weighted by Crippen LogP contribution is 2.22. The molecule has 2 aliphatic heterocycles. The molecule has 1 unspecified atom stereocenters. The zero-order chi connectivity index (χ0) is 17.1. The molecule has 1 amide bonds. The van der Waals surface area contributed by atoms with Crippen LogP contribution in [-0.4, -0.2) is 59.1 Å². The molecule has 1 N–H and O–H groups in total. The second-order valence-electron chi connectivity index (χ2n) is 6.83. The number of rotatable bonds is 3. The number of carbonyl (C=O) groups is 1. The van der Waals surface area contributed by atoms with Gasteiger partial charge in [0.2, 0.25) is 5.91 Å². The van der Waals surface area contributed by atoms with Gasteiger partial charge >= 0.3 is 0 Å². The lowest BCUT2D eigenvalue weighted by Crippen LogP contribution is -2.50. The van der Waals surface area contributed by atoms with Crippen LogP contribution in [-0.2, 0) is 11.2 Å². The summed E-state index contributed by atoms with van der Waals surface area (Å²) in [6, 6.07) is 4.90. The van der Waals surface area contributed by atoms with Gasteiger partial charge < -0.3 is 10.0 Å². The first-order chi connectivity index (χ1) is 11.5. The molecule has 6 heteroatoms. The Hall–Kier alpha value is -1.17. The normalized spacial score (nSPS) is 23.5. The number of nitrogens with zero attached hydrogens (tertiary/aromatic N) is 2. The predicted molar refractivity (Wildman–Crippen MR) is 91.5 cm³/mol. The molecule has 2 fully saturated rings. The van der Waals surface area contributed by atoms with Crippen molar-refractivity contribution in [2.45, 2.75) is 44.2 Å². The monoisotopic (exact) mass is 354 g/mol. The second kappa shape index (κ2) is 7.81. The number of hydrogen-bond donors (Lipinski definition) is 1. The molecule has 24 heavy (non-hydrogen) atoms. The van der Waals surface area contributed by atoms with Crippen LogP contribution in [0.25, 0.3) is 0 Å². The molecule has 132 valence electrons. The van der Waals surface area contributed by atoms with Gasteiger partial charge in [0.05, 0.1) is 17.5 Å². The Morgan fingerprint density at radius 1 is 1.25 bits per heavy atom. The Balaban J connectivity index is 1.50. The minimum absolute atomic E-state index is 0.0580. The van der Waals surface area contributed by atoms with Gasteiger partial charge in [-0.25, -0.2) is 4.39 Å². The Morgan fingerprint density at radius 3 is 2.67 bits per heavy atom. The Morgan fingerprint density at radius 2 is 2.00 bits per heavy atom. The summed E-state index contributed by atoms with van der Waals surface area (Å²) in [5.74, 6) is -0.396. The van der Waals surface area contributed by atoms with Crippen molar-refractivity contribution in [1.29, 1.82) is 0 Å². The lowest BCUT2D eigenvalue weighted by Gasteiger charge is -2.41. The van der Waals surface area contributed by atoms with Crippen LogP contribution in [0.5, 0.6) is 0 Å². The molecule has 0 bridgehead atoms. The van der Waals surface area contributed by atoms with Crippen molar-refractivity contribution in [3.05, 3.63) is 34.6 Å². The summed E-state index contributed by atoms with van der Waals surface area (Å²) in [5.41, 5.74) is 0.743. The van der Waals surface area contributed by atoms with E-state index in [1.165, 1.54) is 12.1 Å². The zero-order valence-electron chi connectivity index (χ0n) is 13.8. The summed E-state index contributed by atoms with van der Waals surface area (Å²) in [4.78, 5) is 16.7. The van der Waals surface area contributed by atoms with Gasteiger partial charge in [-0.1, -0.05) is 17.7 Å². The van der Waals surface area contributed by atoms with E-state index in [9.17, 15) is 14.3 Å². The fourth-order valence-electron chi connectivity index (χ4n) is 3.73. The molecule has 2 saturated heterocycles. The van der Waals surface area contributed by atoms with Gasteiger partial charge in [0.1, 0.15) is 5.82 Å². The summed E-state index contributed by atoms with van der Waals surface area (Å²) < 4.78 is 13.2. The molecule has 2 heterocycles. The van der Waals surface area contributed by atoms with Crippen molar-refractivity contribution in [3.63, 3.8) is 0 Å². The molecule has 1 aromatic rings. The highest BCUT2D eigenvalue weighted by Gasteiger charge is 2.29. The van der Waals surface area contributed by atoms with E-state index in [0.717, 1.165) is 57.4 Å². The fourth-order valence-corrected chi connectivity index (χ4v) is 3.93. The van der Waals surface area contributed by atoms with Crippen molar-refractivity contribution in [1.82, 2.24) is 9.80 Å². The van der Waals surface area contributed by atoms with Gasteiger partial charge in [0, 0.05) is 25.7 Å². The SMILES string of the molecule is O=C(Cc1ccc(F)c(Cl)c1)N1CCC(N2CCCC(O)C2)CC1. The minimum atomic E-state index is -0.461. The van der Waals surface area contributed by atoms with E-state index in [1.54, 1.807) is 6.07 Å². The van der Waals surface area contributed by atoms with E-state index in [2.05, 4.69) is 4.90 Å². The third-order valence-electron chi connectivity index (χ3n) is 5.10. The van der Waals surface area contributed by atoms with Crippen LogP contribution < -0.4 is 0 Å². The first-order valence-corrected chi connectivity index (χ1v) is 9.04. The highest BCUT2D eigenvalue weighted by molar-refractivity contribution is 6.30. The number of benzene rings is 1. The third kappa shape index (κ3) is 4.26. The van der Waals surface area contributed by atoms with Crippen LogP contribution in [0.3, 0.4) is 0 Å². The molecule has 0 aliphatic carbocycles. The van der Waals surface area contributed by atoms with E-state index >= 15 is 0 Å². The van der Waals surface area contributed by atoms with Crippen LogP contribution in [0.1, 0.15) is 31.2 Å². The number of hydrogen-bond acceptors (Lipinski definition) is 3. The summed E-state index contributed by atoms with van der Waals surface area (Å²) >= 11 is 5.77. The predicted octanol–water partition coefficient (Wildman–Crippen LogP) is 2.47. The fraction of sp³-hybridized carbons (Fsp3) is 0.611. The smallest absolute Gasteiger partial charge is 0.226 e. The maximum atomic E-state index is 13.2. The number of aliphatic hydroxyl groups is 1. The quantitative estimate of drug-likeness (QED) is 0.906. The summed E-state index contributed by atoms with van der Waals surface area (Å²) in [7, 11) is 0. The van der Waals surface area contributed by atoms with Gasteiger partial charge in [-0.05, 0) is 49.9 Å². The largest absolute Gasteiger partial charge is 0.392 e. The number of β-amino-alcohol motifs (C(OH)–C–C–N with tert-alkyl or cyclic N) is 1. The maximum absolute atomic E-state index is 13.2. The van der Waals surface area contributed by atoms with Gasteiger partial charge in [0.25, 0.3) is 0 Å². The standard InChI is InChI=1S/C18H24ClFN2O2/c19-16-10-13(3-4-17(16)20)11-18(24)21-8-5-14(6-9-21)22-7-1-2-15(23)12-22/h3-4,10,14-15,23H,1-2,5-9,11-12H2. The molecule has 1 atom stereocenters. The van der Waals surface area contributed by atoms with Crippen LogP contribution >= 0.6 is 11.6 Å². The van der Waals surface area contributed by atoms with E-state index in [-0.39, 0.29) is 23.5 Å². The summed E-state index contributed by atoms with van der Waals surface area (Å²) in [5, 5.41) is 9.87. The molecule has 3 rings (SSSR count). The van der Waals surface area contributed by atoms with Gasteiger partial charge in [0.15, 0.2) is 0 Å². The molecule has 4 nitrogen and oxygen atoms in total. The number of likely N-dealkylation sites (tertiary alicyclic amines) is 2. The Labute approximate surface area is 147 Å². The molecule has 0 aromatic heterocycles. The number of aliphatic hydroxyl groups excluding tert-OH is 1. The van der Waals surface area contributed by atoms with Crippen LogP contribution in [0.2, 0.25) is 5.02 Å².